The Bertz CT molecular complexity index is 422. The Balaban J connectivity index is 2.65. The molecule has 3 nitrogen and oxygen atoms in total. The molecule has 3 N–H and O–H groups in total. The second kappa shape index (κ2) is 5.75. The van der Waals surface area contributed by atoms with Gasteiger partial charge in [-0.15, -0.1) is 6.58 Å². The molecule has 84 valence electrons. The topological polar surface area (TPSA) is 55.1 Å². The number of benzene rings is 1. The molecule has 3 heteroatoms. The lowest BCUT2D eigenvalue weighted by Gasteiger charge is -2.00. The number of carbonyl (C=O) groups is 1. The van der Waals surface area contributed by atoms with Crippen LogP contribution in [-0.4, -0.2) is 12.5 Å². The van der Waals surface area contributed by atoms with Gasteiger partial charge in [-0.2, -0.15) is 0 Å². The summed E-state index contributed by atoms with van der Waals surface area (Å²) < 4.78 is 0. The average molecular weight is 216 g/mol. The molecule has 0 bridgehead atoms. The molecular weight excluding hydrogens is 200 g/mol. The first-order chi connectivity index (χ1) is 7.63. The number of anilines is 1. The molecule has 1 amide bonds. The van der Waals surface area contributed by atoms with E-state index in [-0.39, 0.29) is 5.91 Å². The molecule has 0 aliphatic heterocycles. The van der Waals surface area contributed by atoms with Crippen molar-refractivity contribution in [2.75, 3.05) is 12.3 Å². The number of nitrogens with one attached hydrogen (secondary N) is 1. The third-order valence-corrected chi connectivity index (χ3v) is 2.15. The lowest BCUT2D eigenvalue weighted by atomic mass is 10.1. The molecule has 0 aliphatic carbocycles. The van der Waals surface area contributed by atoms with Crippen LogP contribution < -0.4 is 11.1 Å². The summed E-state index contributed by atoms with van der Waals surface area (Å²) in [6.45, 7) is 5.93. The summed E-state index contributed by atoms with van der Waals surface area (Å²) in [7, 11) is 0. The summed E-state index contributed by atoms with van der Waals surface area (Å²) in [5, 5.41) is 2.65. The molecule has 0 unspecified atom stereocenters. The maximum absolute atomic E-state index is 11.3. The van der Waals surface area contributed by atoms with Crippen LogP contribution in [0.2, 0.25) is 0 Å². The van der Waals surface area contributed by atoms with Gasteiger partial charge in [0.15, 0.2) is 0 Å². The van der Waals surface area contributed by atoms with Crippen molar-refractivity contribution in [3.63, 3.8) is 0 Å². The fourth-order valence-corrected chi connectivity index (χ4v) is 1.17. The molecule has 0 spiro atoms. The molecule has 0 aromatic heterocycles. The highest BCUT2D eigenvalue weighted by atomic mass is 16.1. The van der Waals surface area contributed by atoms with E-state index in [0.717, 1.165) is 16.8 Å². The Morgan fingerprint density at radius 1 is 1.56 bits per heavy atom. The van der Waals surface area contributed by atoms with Crippen molar-refractivity contribution in [1.82, 2.24) is 5.32 Å². The summed E-state index contributed by atoms with van der Waals surface area (Å²) in [5.41, 5.74) is 8.44. The van der Waals surface area contributed by atoms with Crippen LogP contribution in [0.1, 0.15) is 11.1 Å². The van der Waals surface area contributed by atoms with Gasteiger partial charge in [-0.25, -0.2) is 0 Å². The molecule has 1 rings (SSSR count). The second-order valence-electron chi connectivity index (χ2n) is 3.48. The Labute approximate surface area is 95.7 Å². The van der Waals surface area contributed by atoms with Crippen LogP contribution >= 0.6 is 0 Å². The predicted molar refractivity (Wildman–Crippen MR) is 67.8 cm³/mol. The third kappa shape index (κ3) is 3.61. The lowest BCUT2D eigenvalue weighted by Crippen LogP contribution is -2.20. The molecule has 0 aliphatic rings. The first-order valence-electron chi connectivity index (χ1n) is 5.06. The van der Waals surface area contributed by atoms with Gasteiger partial charge in [-0.3, -0.25) is 4.79 Å². The summed E-state index contributed by atoms with van der Waals surface area (Å²) >= 11 is 0. The highest BCUT2D eigenvalue weighted by molar-refractivity contribution is 5.91. The molecule has 1 aromatic rings. The van der Waals surface area contributed by atoms with Gasteiger partial charge in [0.1, 0.15) is 0 Å². The zero-order chi connectivity index (χ0) is 12.0. The highest BCUT2D eigenvalue weighted by Gasteiger charge is 1.95. The molecule has 0 saturated heterocycles. The van der Waals surface area contributed by atoms with Crippen molar-refractivity contribution in [3.8, 4) is 0 Å². The van der Waals surface area contributed by atoms with Crippen LogP contribution in [0.4, 0.5) is 5.69 Å². The van der Waals surface area contributed by atoms with Gasteiger partial charge in [-0.1, -0.05) is 18.2 Å². The fraction of sp³-hybridized carbons (Fsp3) is 0.154. The van der Waals surface area contributed by atoms with E-state index in [9.17, 15) is 4.79 Å². The minimum atomic E-state index is -0.140. The predicted octanol–water partition coefficient (Wildman–Crippen LogP) is 1.89. The highest BCUT2D eigenvalue weighted by Crippen LogP contribution is 2.13. The molecule has 0 saturated carbocycles. The van der Waals surface area contributed by atoms with Crippen LogP contribution in [0.5, 0.6) is 0 Å². The molecule has 16 heavy (non-hydrogen) atoms. The largest absolute Gasteiger partial charge is 0.398 e. The number of nitrogen functional groups attached to an aromatic ring is 1. The van der Waals surface area contributed by atoms with Crippen molar-refractivity contribution in [2.45, 2.75) is 6.92 Å². The number of rotatable bonds is 4. The number of amides is 1. The maximum Gasteiger partial charge on any atom is 0.244 e. The van der Waals surface area contributed by atoms with Gasteiger partial charge in [0.05, 0.1) is 0 Å². The van der Waals surface area contributed by atoms with Crippen LogP contribution in [0.15, 0.2) is 36.9 Å². The maximum atomic E-state index is 11.3. The van der Waals surface area contributed by atoms with E-state index < -0.39 is 0 Å². The van der Waals surface area contributed by atoms with Gasteiger partial charge in [0.2, 0.25) is 5.91 Å². The number of nitrogens with two attached hydrogens (primary N) is 1. The summed E-state index contributed by atoms with van der Waals surface area (Å²) in [6, 6.07) is 5.69. The summed E-state index contributed by atoms with van der Waals surface area (Å²) in [4.78, 5) is 11.3. The molecule has 0 heterocycles. The second-order valence-corrected chi connectivity index (χ2v) is 3.48. The number of carbonyl (C=O) groups excluding carboxylic acids is 1. The van der Waals surface area contributed by atoms with Gasteiger partial charge in [0.25, 0.3) is 0 Å². The smallest absolute Gasteiger partial charge is 0.244 e. The van der Waals surface area contributed by atoms with Crippen molar-refractivity contribution < 1.29 is 4.79 Å². The summed E-state index contributed by atoms with van der Waals surface area (Å²) in [5.74, 6) is -0.140. The van der Waals surface area contributed by atoms with Gasteiger partial charge in [0, 0.05) is 18.3 Å². The van der Waals surface area contributed by atoms with E-state index >= 15 is 0 Å². The first kappa shape index (κ1) is 12.0. The lowest BCUT2D eigenvalue weighted by molar-refractivity contribution is -0.116. The fourth-order valence-electron chi connectivity index (χ4n) is 1.17. The zero-order valence-corrected chi connectivity index (χ0v) is 9.36. The van der Waals surface area contributed by atoms with Crippen LogP contribution in [0, 0.1) is 6.92 Å². The van der Waals surface area contributed by atoms with E-state index in [1.807, 2.05) is 25.1 Å². The van der Waals surface area contributed by atoms with Gasteiger partial charge >= 0.3 is 0 Å². The third-order valence-electron chi connectivity index (χ3n) is 2.15. The standard InChI is InChI=1S/C13H16N2O/c1-3-8-15-13(16)7-6-11-5-4-10(2)12(14)9-11/h3-7,9H,1,8,14H2,2H3,(H,15,16). The van der Waals surface area contributed by atoms with Crippen LogP contribution in [0.25, 0.3) is 6.08 Å². The van der Waals surface area contributed by atoms with Crippen LogP contribution in [-0.2, 0) is 4.79 Å². The minimum absolute atomic E-state index is 0.140. The molecular formula is C13H16N2O. The SMILES string of the molecule is C=CCNC(=O)C=Cc1ccc(C)c(N)c1. The van der Waals surface area contributed by atoms with Gasteiger partial charge < -0.3 is 11.1 Å². The van der Waals surface area contributed by atoms with E-state index in [2.05, 4.69) is 11.9 Å². The quantitative estimate of drug-likeness (QED) is 0.459. The number of aryl methyl sites for hydroxylation is 1. The van der Waals surface area contributed by atoms with Crippen molar-refractivity contribution >= 4 is 17.7 Å². The Morgan fingerprint density at radius 2 is 2.31 bits per heavy atom. The Morgan fingerprint density at radius 3 is 2.94 bits per heavy atom. The summed E-state index contributed by atoms with van der Waals surface area (Å²) in [6.07, 6.45) is 4.84. The first-order valence-corrected chi connectivity index (χ1v) is 5.06. The molecule has 0 radical (unpaired) electrons. The average Bonchev–Trinajstić information content (AvgIpc) is 2.28. The Kier molecular flexibility index (Phi) is 4.33. The zero-order valence-electron chi connectivity index (χ0n) is 9.36. The number of hydrogen-bond donors (Lipinski definition) is 2. The Hall–Kier alpha value is -2.03. The van der Waals surface area contributed by atoms with E-state index in [1.54, 1.807) is 12.2 Å². The van der Waals surface area contributed by atoms with Crippen molar-refractivity contribution in [3.05, 3.63) is 48.1 Å². The van der Waals surface area contributed by atoms with E-state index in [1.165, 1.54) is 6.08 Å². The molecule has 1 aromatic carbocycles. The normalized spacial score (nSPS) is 10.3. The number of hydrogen-bond acceptors (Lipinski definition) is 2. The van der Waals surface area contributed by atoms with Crippen LogP contribution in [0.3, 0.4) is 0 Å². The molecule has 0 fully saturated rings. The minimum Gasteiger partial charge on any atom is -0.398 e. The van der Waals surface area contributed by atoms with Crippen molar-refractivity contribution in [1.29, 1.82) is 0 Å². The van der Waals surface area contributed by atoms with E-state index in [4.69, 9.17) is 5.73 Å². The monoisotopic (exact) mass is 216 g/mol. The van der Waals surface area contributed by atoms with Crippen molar-refractivity contribution in [2.24, 2.45) is 0 Å². The molecule has 0 atom stereocenters. The van der Waals surface area contributed by atoms with Gasteiger partial charge in [-0.05, 0) is 30.2 Å². The van der Waals surface area contributed by atoms with E-state index in [0.29, 0.717) is 6.54 Å².